The van der Waals surface area contributed by atoms with Gasteiger partial charge in [-0.15, -0.1) is 0 Å². The van der Waals surface area contributed by atoms with E-state index in [0.29, 0.717) is 12.0 Å². The molecule has 0 radical (unpaired) electrons. The minimum atomic E-state index is 0.0860. The number of hydrogen-bond donors (Lipinski definition) is 2. The molecule has 4 nitrogen and oxygen atoms in total. The van der Waals surface area contributed by atoms with E-state index in [0.717, 1.165) is 32.7 Å². The second kappa shape index (κ2) is 6.58. The highest BCUT2D eigenvalue weighted by Crippen LogP contribution is 2.30. The molecule has 1 aromatic carbocycles. The van der Waals surface area contributed by atoms with Gasteiger partial charge in [0.1, 0.15) is 0 Å². The van der Waals surface area contributed by atoms with Crippen molar-refractivity contribution < 1.29 is 4.79 Å². The van der Waals surface area contributed by atoms with Crippen LogP contribution in [0, 0.1) is 5.92 Å². The number of amides is 1. The van der Waals surface area contributed by atoms with Crippen molar-refractivity contribution in [3.63, 3.8) is 0 Å². The number of carbonyl (C=O) groups excluding carboxylic acids is 1. The number of nitrogens with zero attached hydrogens (tertiary/aromatic N) is 1. The summed E-state index contributed by atoms with van der Waals surface area (Å²) in [5.74, 6) is 0.722. The van der Waals surface area contributed by atoms with E-state index in [1.165, 1.54) is 24.0 Å². The summed E-state index contributed by atoms with van der Waals surface area (Å²) in [4.78, 5) is 13.6. The highest BCUT2D eigenvalue weighted by Gasteiger charge is 2.28. The molecule has 0 aliphatic carbocycles. The summed E-state index contributed by atoms with van der Waals surface area (Å²) in [5.41, 5.74) is 2.94. The molecule has 1 saturated heterocycles. The Morgan fingerprint density at radius 2 is 2.10 bits per heavy atom. The van der Waals surface area contributed by atoms with Crippen LogP contribution in [0.15, 0.2) is 24.3 Å². The van der Waals surface area contributed by atoms with E-state index >= 15 is 0 Å². The van der Waals surface area contributed by atoms with E-state index in [2.05, 4.69) is 39.8 Å². The Bertz CT molecular complexity index is 495. The van der Waals surface area contributed by atoms with E-state index in [9.17, 15) is 4.79 Å². The van der Waals surface area contributed by atoms with E-state index in [4.69, 9.17) is 0 Å². The SMILES string of the molecule is CC(=O)NCC1CCN(C2CNCc3ccccc32)CC1. The number of fused-ring (bicyclic) bond motifs is 1. The first-order valence-electron chi connectivity index (χ1n) is 8.01. The Morgan fingerprint density at radius 3 is 2.86 bits per heavy atom. The highest BCUT2D eigenvalue weighted by atomic mass is 16.1. The lowest BCUT2D eigenvalue weighted by molar-refractivity contribution is -0.119. The Morgan fingerprint density at radius 1 is 1.33 bits per heavy atom. The first-order chi connectivity index (χ1) is 10.2. The van der Waals surface area contributed by atoms with Gasteiger partial charge in [0.15, 0.2) is 0 Å². The minimum absolute atomic E-state index is 0.0860. The van der Waals surface area contributed by atoms with Crippen molar-refractivity contribution in [1.82, 2.24) is 15.5 Å². The molecular weight excluding hydrogens is 262 g/mol. The topological polar surface area (TPSA) is 44.4 Å². The van der Waals surface area contributed by atoms with E-state index in [1.54, 1.807) is 6.92 Å². The van der Waals surface area contributed by atoms with Gasteiger partial charge < -0.3 is 10.6 Å². The molecule has 0 aromatic heterocycles. The standard InChI is InChI=1S/C17H25N3O/c1-13(21)19-10-14-6-8-20(9-7-14)17-12-18-11-15-4-2-3-5-16(15)17/h2-5,14,17-18H,6-12H2,1H3,(H,19,21). The third-order valence-electron chi connectivity index (χ3n) is 4.80. The van der Waals surface area contributed by atoms with Crippen LogP contribution in [0.1, 0.15) is 36.9 Å². The molecule has 2 heterocycles. The lowest BCUT2D eigenvalue weighted by Gasteiger charge is -2.40. The summed E-state index contributed by atoms with van der Waals surface area (Å²) in [5, 5.41) is 6.50. The summed E-state index contributed by atoms with van der Waals surface area (Å²) in [6, 6.07) is 9.31. The molecule has 3 rings (SSSR count). The van der Waals surface area contributed by atoms with Gasteiger partial charge in [-0.3, -0.25) is 9.69 Å². The average molecular weight is 287 g/mol. The molecule has 1 amide bonds. The van der Waals surface area contributed by atoms with Gasteiger partial charge in [0, 0.05) is 32.6 Å². The van der Waals surface area contributed by atoms with Crippen LogP contribution in [0.3, 0.4) is 0 Å². The number of nitrogens with one attached hydrogen (secondary N) is 2. The molecule has 2 aliphatic rings. The Labute approximate surface area is 126 Å². The molecule has 0 saturated carbocycles. The number of rotatable bonds is 3. The highest BCUT2D eigenvalue weighted by molar-refractivity contribution is 5.72. The van der Waals surface area contributed by atoms with Crippen LogP contribution in [-0.4, -0.2) is 37.0 Å². The summed E-state index contributed by atoms with van der Waals surface area (Å²) in [6.45, 7) is 6.73. The molecule has 1 atom stereocenters. The van der Waals surface area contributed by atoms with E-state index < -0.39 is 0 Å². The number of likely N-dealkylation sites (tertiary alicyclic amines) is 1. The maximum Gasteiger partial charge on any atom is 0.216 e. The largest absolute Gasteiger partial charge is 0.356 e. The van der Waals surface area contributed by atoms with Crippen molar-refractivity contribution in [1.29, 1.82) is 0 Å². The fourth-order valence-electron chi connectivity index (χ4n) is 3.56. The Kier molecular flexibility index (Phi) is 4.56. The normalized spacial score (nSPS) is 23.6. The van der Waals surface area contributed by atoms with Crippen molar-refractivity contribution in [2.45, 2.75) is 32.4 Å². The molecule has 2 aliphatic heterocycles. The quantitative estimate of drug-likeness (QED) is 0.889. The lowest BCUT2D eigenvalue weighted by atomic mass is 9.91. The maximum absolute atomic E-state index is 11.0. The van der Waals surface area contributed by atoms with E-state index in [-0.39, 0.29) is 5.91 Å². The van der Waals surface area contributed by atoms with Gasteiger partial charge >= 0.3 is 0 Å². The molecule has 1 unspecified atom stereocenters. The first-order valence-corrected chi connectivity index (χ1v) is 8.01. The third-order valence-corrected chi connectivity index (χ3v) is 4.80. The van der Waals surface area contributed by atoms with Crippen LogP contribution in [0.5, 0.6) is 0 Å². The van der Waals surface area contributed by atoms with Crippen LogP contribution in [-0.2, 0) is 11.3 Å². The monoisotopic (exact) mass is 287 g/mol. The second-order valence-electron chi connectivity index (χ2n) is 6.26. The molecule has 0 bridgehead atoms. The van der Waals surface area contributed by atoms with Crippen molar-refractivity contribution >= 4 is 5.91 Å². The zero-order chi connectivity index (χ0) is 14.7. The van der Waals surface area contributed by atoms with Crippen molar-refractivity contribution in [2.75, 3.05) is 26.2 Å². The van der Waals surface area contributed by atoms with Crippen LogP contribution < -0.4 is 10.6 Å². The second-order valence-corrected chi connectivity index (χ2v) is 6.26. The lowest BCUT2D eigenvalue weighted by Crippen LogP contribution is -2.44. The number of carbonyl (C=O) groups is 1. The minimum Gasteiger partial charge on any atom is -0.356 e. The summed E-state index contributed by atoms with van der Waals surface area (Å²) >= 11 is 0. The predicted octanol–water partition coefficient (Wildman–Crippen LogP) is 1.68. The van der Waals surface area contributed by atoms with Gasteiger partial charge in [0.25, 0.3) is 0 Å². The predicted molar refractivity (Wildman–Crippen MR) is 83.9 cm³/mol. The zero-order valence-electron chi connectivity index (χ0n) is 12.8. The fourth-order valence-corrected chi connectivity index (χ4v) is 3.56. The van der Waals surface area contributed by atoms with Gasteiger partial charge in [-0.2, -0.15) is 0 Å². The molecule has 4 heteroatoms. The van der Waals surface area contributed by atoms with Crippen molar-refractivity contribution in [3.05, 3.63) is 35.4 Å². The fraction of sp³-hybridized carbons (Fsp3) is 0.588. The van der Waals surface area contributed by atoms with Gasteiger partial charge in [0.05, 0.1) is 0 Å². The number of hydrogen-bond acceptors (Lipinski definition) is 3. The third kappa shape index (κ3) is 3.44. The first kappa shape index (κ1) is 14.5. The average Bonchev–Trinajstić information content (AvgIpc) is 2.53. The summed E-state index contributed by atoms with van der Waals surface area (Å²) in [6.07, 6.45) is 2.36. The van der Waals surface area contributed by atoms with Crippen molar-refractivity contribution in [3.8, 4) is 0 Å². The molecule has 1 fully saturated rings. The molecule has 0 spiro atoms. The molecule has 1 aromatic rings. The van der Waals surface area contributed by atoms with Gasteiger partial charge in [0.2, 0.25) is 5.91 Å². The maximum atomic E-state index is 11.0. The zero-order valence-corrected chi connectivity index (χ0v) is 12.8. The molecular formula is C17H25N3O. The van der Waals surface area contributed by atoms with E-state index in [1.807, 2.05) is 0 Å². The van der Waals surface area contributed by atoms with Crippen LogP contribution in [0.2, 0.25) is 0 Å². The smallest absolute Gasteiger partial charge is 0.216 e. The summed E-state index contributed by atoms with van der Waals surface area (Å²) in [7, 11) is 0. The van der Waals surface area contributed by atoms with Gasteiger partial charge in [-0.25, -0.2) is 0 Å². The molecule has 21 heavy (non-hydrogen) atoms. The van der Waals surface area contributed by atoms with Gasteiger partial charge in [-0.1, -0.05) is 24.3 Å². The molecule has 114 valence electrons. The summed E-state index contributed by atoms with van der Waals surface area (Å²) < 4.78 is 0. The van der Waals surface area contributed by atoms with Crippen molar-refractivity contribution in [2.24, 2.45) is 5.92 Å². The van der Waals surface area contributed by atoms with Crippen LogP contribution >= 0.6 is 0 Å². The number of benzene rings is 1. The van der Waals surface area contributed by atoms with Crippen LogP contribution in [0.25, 0.3) is 0 Å². The van der Waals surface area contributed by atoms with Crippen LogP contribution in [0.4, 0.5) is 0 Å². The Hall–Kier alpha value is -1.39. The number of piperidine rings is 1. The van der Waals surface area contributed by atoms with Gasteiger partial charge in [-0.05, 0) is 43.0 Å². The molecule has 2 N–H and O–H groups in total. The Balaban J connectivity index is 1.59.